The largest absolute Gasteiger partial charge is 0.383 e. The molecule has 0 aliphatic rings. The molecular weight excluding hydrogens is 256 g/mol. The van der Waals surface area contributed by atoms with E-state index in [0.29, 0.717) is 5.82 Å². The number of nitrogens with two attached hydrogens (primary N) is 1. The number of hydrogen-bond acceptors (Lipinski definition) is 4. The quantitative estimate of drug-likeness (QED) is 0.792. The van der Waals surface area contributed by atoms with Crippen molar-refractivity contribution in [3.8, 4) is 11.4 Å². The van der Waals surface area contributed by atoms with Gasteiger partial charge in [0.1, 0.15) is 5.82 Å². The molecule has 0 bridgehead atoms. The topological polar surface area (TPSA) is 56.2 Å². The van der Waals surface area contributed by atoms with Crippen LogP contribution in [0, 0.1) is 0 Å². The van der Waals surface area contributed by atoms with Gasteiger partial charge in [-0.15, -0.1) is 16.4 Å². The van der Waals surface area contributed by atoms with E-state index in [1.807, 2.05) is 5.38 Å². The van der Waals surface area contributed by atoms with Gasteiger partial charge < -0.3 is 5.73 Å². The van der Waals surface area contributed by atoms with Crippen LogP contribution in [0.5, 0.6) is 0 Å². The Hall–Kier alpha value is -1.88. The molecule has 3 rings (SSSR count). The molecule has 0 atom stereocenters. The van der Waals surface area contributed by atoms with Crippen molar-refractivity contribution < 1.29 is 0 Å². The zero-order valence-electron chi connectivity index (χ0n) is 10.8. The summed E-state index contributed by atoms with van der Waals surface area (Å²) in [5.74, 6) is 1.37. The van der Waals surface area contributed by atoms with Crippen molar-refractivity contribution >= 4 is 22.1 Å². The number of benzene rings is 1. The molecule has 0 fully saturated rings. The van der Waals surface area contributed by atoms with Crippen LogP contribution in [0.3, 0.4) is 0 Å². The number of thiazole rings is 1. The minimum Gasteiger partial charge on any atom is -0.383 e. The third-order valence-corrected chi connectivity index (χ3v) is 3.97. The van der Waals surface area contributed by atoms with Gasteiger partial charge in [0.25, 0.3) is 0 Å². The Balaban J connectivity index is 1.88. The first-order valence-electron chi connectivity index (χ1n) is 6.47. The van der Waals surface area contributed by atoms with Gasteiger partial charge >= 0.3 is 0 Å². The van der Waals surface area contributed by atoms with E-state index in [-0.39, 0.29) is 0 Å². The molecule has 5 heteroatoms. The van der Waals surface area contributed by atoms with Crippen LogP contribution in [0.25, 0.3) is 16.3 Å². The second kappa shape index (κ2) is 5.01. The Labute approximate surface area is 115 Å². The number of rotatable bonds is 4. The fraction of sp³-hybridized carbons (Fsp3) is 0.286. The van der Waals surface area contributed by atoms with Crippen LogP contribution in [0.4, 0.5) is 5.82 Å². The van der Waals surface area contributed by atoms with E-state index in [2.05, 4.69) is 41.3 Å². The van der Waals surface area contributed by atoms with E-state index in [1.54, 1.807) is 4.52 Å². The fourth-order valence-electron chi connectivity index (χ4n) is 2.03. The summed E-state index contributed by atoms with van der Waals surface area (Å²) in [5.41, 5.74) is 8.22. The van der Waals surface area contributed by atoms with Gasteiger partial charge in [-0.1, -0.05) is 37.6 Å². The van der Waals surface area contributed by atoms with Crippen molar-refractivity contribution in [3.63, 3.8) is 0 Å². The second-order valence-electron chi connectivity index (χ2n) is 4.59. The molecule has 0 saturated carbocycles. The monoisotopic (exact) mass is 272 g/mol. The van der Waals surface area contributed by atoms with Crippen LogP contribution in [0.1, 0.15) is 25.3 Å². The van der Waals surface area contributed by atoms with E-state index in [0.717, 1.165) is 22.8 Å². The lowest BCUT2D eigenvalue weighted by Gasteiger charge is -2.00. The van der Waals surface area contributed by atoms with Gasteiger partial charge in [0.15, 0.2) is 5.82 Å². The summed E-state index contributed by atoms with van der Waals surface area (Å²) in [7, 11) is 0. The Kier molecular flexibility index (Phi) is 3.21. The molecule has 19 heavy (non-hydrogen) atoms. The Morgan fingerprint density at radius 2 is 2.05 bits per heavy atom. The summed E-state index contributed by atoms with van der Waals surface area (Å²) >= 11 is 1.51. The average molecular weight is 272 g/mol. The lowest BCUT2D eigenvalue weighted by Crippen LogP contribution is -1.92. The molecule has 2 N–H and O–H groups in total. The van der Waals surface area contributed by atoms with Gasteiger partial charge in [0, 0.05) is 10.9 Å². The SMILES string of the molecule is CCCCc1ccc(-c2nc3scc(N)n3n2)cc1. The maximum atomic E-state index is 5.82. The maximum absolute atomic E-state index is 5.82. The molecule has 3 aromatic rings. The first-order valence-corrected chi connectivity index (χ1v) is 7.35. The summed E-state index contributed by atoms with van der Waals surface area (Å²) in [6.45, 7) is 2.21. The van der Waals surface area contributed by atoms with Crippen LogP contribution >= 0.6 is 11.3 Å². The number of hydrogen-bond donors (Lipinski definition) is 1. The van der Waals surface area contributed by atoms with Crippen LogP contribution in [0.15, 0.2) is 29.6 Å². The maximum Gasteiger partial charge on any atom is 0.214 e. The van der Waals surface area contributed by atoms with E-state index in [1.165, 1.54) is 29.7 Å². The van der Waals surface area contributed by atoms with E-state index in [9.17, 15) is 0 Å². The van der Waals surface area contributed by atoms with Gasteiger partial charge in [0.2, 0.25) is 4.96 Å². The zero-order valence-corrected chi connectivity index (χ0v) is 11.7. The molecule has 0 radical (unpaired) electrons. The predicted octanol–water partition coefficient (Wildman–Crippen LogP) is 3.38. The molecule has 0 spiro atoms. The molecule has 2 aromatic heterocycles. The number of aryl methyl sites for hydroxylation is 1. The summed E-state index contributed by atoms with van der Waals surface area (Å²) in [6, 6.07) is 8.48. The number of nitrogen functional groups attached to an aromatic ring is 1. The molecule has 0 unspecified atom stereocenters. The Morgan fingerprint density at radius 1 is 1.26 bits per heavy atom. The molecule has 0 saturated heterocycles. The lowest BCUT2D eigenvalue weighted by atomic mass is 10.1. The molecule has 4 nitrogen and oxygen atoms in total. The fourth-order valence-corrected chi connectivity index (χ4v) is 2.74. The zero-order chi connectivity index (χ0) is 13.2. The third-order valence-electron chi connectivity index (χ3n) is 3.14. The normalized spacial score (nSPS) is 11.2. The summed E-state index contributed by atoms with van der Waals surface area (Å²) in [5, 5.41) is 6.28. The first kappa shape index (κ1) is 12.2. The molecule has 0 aliphatic heterocycles. The Morgan fingerprint density at radius 3 is 2.74 bits per heavy atom. The standard InChI is InChI=1S/C14H16N4S/c1-2-3-4-10-5-7-11(8-6-10)13-16-14-18(17-13)12(15)9-19-14/h5-9H,2-4,15H2,1H3. The second-order valence-corrected chi connectivity index (χ2v) is 5.43. The molecule has 1 aromatic carbocycles. The highest BCUT2D eigenvalue weighted by molar-refractivity contribution is 7.15. The lowest BCUT2D eigenvalue weighted by molar-refractivity contribution is 0.795. The summed E-state index contributed by atoms with van der Waals surface area (Å²) in [6.07, 6.45) is 3.59. The molecular formula is C14H16N4S. The smallest absolute Gasteiger partial charge is 0.214 e. The highest BCUT2D eigenvalue weighted by Gasteiger charge is 2.09. The van der Waals surface area contributed by atoms with Gasteiger partial charge in [-0.05, 0) is 18.4 Å². The van der Waals surface area contributed by atoms with Crippen molar-refractivity contribution in [1.82, 2.24) is 14.6 Å². The molecule has 98 valence electrons. The van der Waals surface area contributed by atoms with Crippen molar-refractivity contribution in [2.75, 3.05) is 5.73 Å². The third kappa shape index (κ3) is 2.33. The number of aromatic nitrogens is 3. The molecule has 0 aliphatic carbocycles. The van der Waals surface area contributed by atoms with Crippen molar-refractivity contribution in [2.45, 2.75) is 26.2 Å². The van der Waals surface area contributed by atoms with Gasteiger partial charge in [-0.25, -0.2) is 0 Å². The summed E-state index contributed by atoms with van der Waals surface area (Å²) < 4.78 is 1.69. The van der Waals surface area contributed by atoms with Crippen molar-refractivity contribution in [2.24, 2.45) is 0 Å². The van der Waals surface area contributed by atoms with Crippen LogP contribution in [-0.4, -0.2) is 14.6 Å². The van der Waals surface area contributed by atoms with E-state index in [4.69, 9.17) is 5.73 Å². The van der Waals surface area contributed by atoms with Crippen molar-refractivity contribution in [1.29, 1.82) is 0 Å². The number of fused-ring (bicyclic) bond motifs is 1. The van der Waals surface area contributed by atoms with E-state index >= 15 is 0 Å². The highest BCUT2D eigenvalue weighted by Crippen LogP contribution is 2.22. The number of nitrogens with zero attached hydrogens (tertiary/aromatic N) is 3. The van der Waals surface area contributed by atoms with Crippen molar-refractivity contribution in [3.05, 3.63) is 35.2 Å². The minimum absolute atomic E-state index is 0.637. The highest BCUT2D eigenvalue weighted by atomic mass is 32.1. The van der Waals surface area contributed by atoms with Crippen LogP contribution in [0.2, 0.25) is 0 Å². The predicted molar refractivity (Wildman–Crippen MR) is 79.3 cm³/mol. The number of anilines is 1. The molecule has 2 heterocycles. The van der Waals surface area contributed by atoms with Gasteiger partial charge in [-0.2, -0.15) is 9.50 Å². The minimum atomic E-state index is 0.637. The first-order chi connectivity index (χ1) is 9.28. The van der Waals surface area contributed by atoms with Crippen LogP contribution in [-0.2, 0) is 6.42 Å². The van der Waals surface area contributed by atoms with Crippen LogP contribution < -0.4 is 5.73 Å². The number of unbranched alkanes of at least 4 members (excludes halogenated alkanes) is 1. The van der Waals surface area contributed by atoms with Gasteiger partial charge in [-0.3, -0.25) is 0 Å². The van der Waals surface area contributed by atoms with E-state index < -0.39 is 0 Å². The average Bonchev–Trinajstić information content (AvgIpc) is 3.00. The molecule has 0 amide bonds. The van der Waals surface area contributed by atoms with Gasteiger partial charge in [0.05, 0.1) is 0 Å². The summed E-state index contributed by atoms with van der Waals surface area (Å²) in [4.78, 5) is 5.32. The Bertz CT molecular complexity index is 681.